The Morgan fingerprint density at radius 1 is 1.22 bits per heavy atom. The Kier molecular flexibility index (Phi) is 13.4. The fourth-order valence-corrected chi connectivity index (χ4v) is 2.29. The van der Waals surface area contributed by atoms with Gasteiger partial charge in [-0.25, -0.2) is 13.1 Å². The molecular formula is C14H33IN4O3S. The number of aliphatic imine (C=N–C) groups is 1. The molecule has 0 aliphatic rings. The Bertz CT molecular complexity index is 436. The SMILES string of the molecule is CCNC(=NCC(OC)C(C)(C)C)NCCCNS(C)(=O)=O.I. The lowest BCUT2D eigenvalue weighted by Crippen LogP contribution is -2.40. The number of nitrogens with one attached hydrogen (secondary N) is 3. The number of methoxy groups -OCH3 is 1. The predicted octanol–water partition coefficient (Wildman–Crippen LogP) is 1.16. The normalized spacial score (nSPS) is 14.1. The van der Waals surface area contributed by atoms with E-state index in [2.05, 4.69) is 41.1 Å². The second-order valence-electron chi connectivity index (χ2n) is 6.26. The first-order chi connectivity index (χ1) is 10.1. The van der Waals surface area contributed by atoms with Gasteiger partial charge in [0.05, 0.1) is 18.9 Å². The van der Waals surface area contributed by atoms with E-state index in [1.807, 2.05) is 6.92 Å². The third-order valence-electron chi connectivity index (χ3n) is 3.02. The van der Waals surface area contributed by atoms with Crippen LogP contribution in [0.3, 0.4) is 0 Å². The molecule has 3 N–H and O–H groups in total. The zero-order chi connectivity index (χ0) is 17.2. The minimum atomic E-state index is -3.12. The van der Waals surface area contributed by atoms with Gasteiger partial charge in [-0.15, -0.1) is 24.0 Å². The average molecular weight is 464 g/mol. The summed E-state index contributed by atoms with van der Waals surface area (Å²) in [6, 6.07) is 0. The standard InChI is InChI=1S/C14H32N4O3S.HI/c1-7-15-13(16-9-8-10-18-22(6,19)20)17-11-12(21-5)14(2,3)4;/h12,18H,7-11H2,1-6H3,(H2,15,16,17);1H. The van der Waals surface area contributed by atoms with Crippen molar-refractivity contribution in [3.63, 3.8) is 0 Å². The van der Waals surface area contributed by atoms with E-state index in [1.165, 1.54) is 0 Å². The Morgan fingerprint density at radius 2 is 1.83 bits per heavy atom. The van der Waals surface area contributed by atoms with Crippen LogP contribution in [0.2, 0.25) is 0 Å². The molecule has 0 aromatic rings. The van der Waals surface area contributed by atoms with Crippen LogP contribution >= 0.6 is 24.0 Å². The molecule has 0 aliphatic carbocycles. The summed E-state index contributed by atoms with van der Waals surface area (Å²) in [6.07, 6.45) is 1.88. The highest BCUT2D eigenvalue weighted by Crippen LogP contribution is 2.21. The number of ether oxygens (including phenoxy) is 1. The molecule has 140 valence electrons. The van der Waals surface area contributed by atoms with Gasteiger partial charge in [0.1, 0.15) is 0 Å². The molecule has 0 amide bonds. The molecule has 9 heteroatoms. The van der Waals surface area contributed by atoms with Gasteiger partial charge in [-0.1, -0.05) is 20.8 Å². The van der Waals surface area contributed by atoms with Crippen LogP contribution < -0.4 is 15.4 Å². The molecule has 7 nitrogen and oxygen atoms in total. The van der Waals surface area contributed by atoms with Crippen LogP contribution in [0.4, 0.5) is 0 Å². The van der Waals surface area contributed by atoms with Crippen LogP contribution in [0.1, 0.15) is 34.1 Å². The Morgan fingerprint density at radius 3 is 2.26 bits per heavy atom. The van der Waals surface area contributed by atoms with E-state index in [0.29, 0.717) is 32.0 Å². The van der Waals surface area contributed by atoms with Crippen LogP contribution in [0.15, 0.2) is 4.99 Å². The van der Waals surface area contributed by atoms with Crippen molar-refractivity contribution in [3.8, 4) is 0 Å². The molecule has 0 radical (unpaired) electrons. The lowest BCUT2D eigenvalue weighted by atomic mass is 9.89. The summed E-state index contributed by atoms with van der Waals surface area (Å²) in [4.78, 5) is 4.53. The summed E-state index contributed by atoms with van der Waals surface area (Å²) in [5.74, 6) is 0.716. The van der Waals surface area contributed by atoms with Crippen molar-refractivity contribution in [3.05, 3.63) is 0 Å². The van der Waals surface area contributed by atoms with Crippen LogP contribution in [0.25, 0.3) is 0 Å². The first kappa shape index (κ1) is 25.1. The largest absolute Gasteiger partial charge is 0.379 e. The van der Waals surface area contributed by atoms with Crippen LogP contribution in [-0.2, 0) is 14.8 Å². The summed E-state index contributed by atoms with van der Waals surface area (Å²) in [5, 5.41) is 6.35. The first-order valence-corrected chi connectivity index (χ1v) is 9.49. The van der Waals surface area contributed by atoms with E-state index in [0.717, 1.165) is 12.8 Å². The van der Waals surface area contributed by atoms with Gasteiger partial charge < -0.3 is 15.4 Å². The fourth-order valence-electron chi connectivity index (χ4n) is 1.77. The van der Waals surface area contributed by atoms with Crippen molar-refractivity contribution >= 4 is 40.0 Å². The zero-order valence-electron chi connectivity index (χ0n) is 15.1. The number of sulfonamides is 1. The van der Waals surface area contributed by atoms with Crippen LogP contribution in [0, 0.1) is 5.41 Å². The maximum atomic E-state index is 11.0. The van der Waals surface area contributed by atoms with Gasteiger partial charge in [-0.3, -0.25) is 4.99 Å². The quantitative estimate of drug-likeness (QED) is 0.206. The van der Waals surface area contributed by atoms with Gasteiger partial charge in [0, 0.05) is 26.7 Å². The number of rotatable bonds is 9. The molecule has 23 heavy (non-hydrogen) atoms. The highest BCUT2D eigenvalue weighted by Gasteiger charge is 2.23. The van der Waals surface area contributed by atoms with Gasteiger partial charge in [0.25, 0.3) is 0 Å². The van der Waals surface area contributed by atoms with E-state index in [4.69, 9.17) is 4.74 Å². The molecule has 0 aromatic carbocycles. The molecule has 0 aromatic heterocycles. The lowest BCUT2D eigenvalue weighted by Gasteiger charge is -2.28. The number of hydrogen-bond donors (Lipinski definition) is 3. The second-order valence-corrected chi connectivity index (χ2v) is 8.09. The molecule has 0 heterocycles. The van der Waals surface area contributed by atoms with Crippen molar-refractivity contribution in [1.82, 2.24) is 15.4 Å². The molecule has 0 rings (SSSR count). The van der Waals surface area contributed by atoms with E-state index >= 15 is 0 Å². The molecule has 0 aliphatic heterocycles. The topological polar surface area (TPSA) is 91.8 Å². The van der Waals surface area contributed by atoms with Crippen LogP contribution in [-0.4, -0.2) is 60.0 Å². The van der Waals surface area contributed by atoms with Crippen LogP contribution in [0.5, 0.6) is 0 Å². The third-order valence-corrected chi connectivity index (χ3v) is 3.75. The third kappa shape index (κ3) is 14.0. The highest BCUT2D eigenvalue weighted by molar-refractivity contribution is 14.0. The number of guanidine groups is 1. The predicted molar refractivity (Wildman–Crippen MR) is 107 cm³/mol. The molecular weight excluding hydrogens is 431 g/mol. The number of hydrogen-bond acceptors (Lipinski definition) is 4. The zero-order valence-corrected chi connectivity index (χ0v) is 18.2. The van der Waals surface area contributed by atoms with Crippen molar-refractivity contribution in [2.24, 2.45) is 10.4 Å². The van der Waals surface area contributed by atoms with Gasteiger partial charge in [-0.05, 0) is 18.8 Å². The Balaban J connectivity index is 0. The molecule has 1 unspecified atom stereocenters. The lowest BCUT2D eigenvalue weighted by molar-refractivity contribution is 0.0241. The van der Waals surface area contributed by atoms with Crippen molar-refractivity contribution in [1.29, 1.82) is 0 Å². The second kappa shape index (κ2) is 12.3. The van der Waals surface area contributed by atoms with E-state index < -0.39 is 10.0 Å². The maximum Gasteiger partial charge on any atom is 0.208 e. The van der Waals surface area contributed by atoms with Gasteiger partial charge >= 0.3 is 0 Å². The fraction of sp³-hybridized carbons (Fsp3) is 0.929. The van der Waals surface area contributed by atoms with Gasteiger partial charge in [0.2, 0.25) is 10.0 Å². The van der Waals surface area contributed by atoms with Crippen molar-refractivity contribution in [2.75, 3.05) is 39.5 Å². The van der Waals surface area contributed by atoms with Gasteiger partial charge in [0.15, 0.2) is 5.96 Å². The minimum absolute atomic E-state index is 0. The molecule has 0 saturated carbocycles. The number of nitrogens with zero attached hydrogens (tertiary/aromatic N) is 1. The molecule has 0 fully saturated rings. The molecule has 0 spiro atoms. The molecule has 1 atom stereocenters. The van der Waals surface area contributed by atoms with Gasteiger partial charge in [-0.2, -0.15) is 0 Å². The monoisotopic (exact) mass is 464 g/mol. The van der Waals surface area contributed by atoms with E-state index in [9.17, 15) is 8.42 Å². The summed E-state index contributed by atoms with van der Waals surface area (Å²) in [7, 11) is -1.42. The summed E-state index contributed by atoms with van der Waals surface area (Å²) >= 11 is 0. The molecule has 0 bridgehead atoms. The molecule has 0 saturated heterocycles. The van der Waals surface area contributed by atoms with E-state index in [-0.39, 0.29) is 35.5 Å². The number of halogens is 1. The van der Waals surface area contributed by atoms with E-state index in [1.54, 1.807) is 7.11 Å². The Hall–Kier alpha value is -0.130. The average Bonchev–Trinajstić information content (AvgIpc) is 2.35. The summed E-state index contributed by atoms with van der Waals surface area (Å²) in [6.45, 7) is 10.7. The van der Waals surface area contributed by atoms with Crippen molar-refractivity contribution in [2.45, 2.75) is 40.2 Å². The van der Waals surface area contributed by atoms with Crippen molar-refractivity contribution < 1.29 is 13.2 Å². The minimum Gasteiger partial charge on any atom is -0.379 e. The highest BCUT2D eigenvalue weighted by atomic mass is 127. The maximum absolute atomic E-state index is 11.0. The Labute approximate surface area is 158 Å². The summed E-state index contributed by atoms with van der Waals surface area (Å²) in [5.41, 5.74) is 0.0228. The first-order valence-electron chi connectivity index (χ1n) is 7.59. The summed E-state index contributed by atoms with van der Waals surface area (Å²) < 4.78 is 29.9. The smallest absolute Gasteiger partial charge is 0.208 e.